The minimum absolute atomic E-state index is 0.119. The highest BCUT2D eigenvalue weighted by atomic mass is 16.3. The molecule has 3 amide bonds. The zero-order valence-corrected chi connectivity index (χ0v) is 13.4. The molecular weight excluding hydrogens is 312 g/mol. The highest BCUT2D eigenvalue weighted by molar-refractivity contribution is 5.99. The van der Waals surface area contributed by atoms with Crippen molar-refractivity contribution in [1.82, 2.24) is 19.7 Å². The molecule has 4 atom stereocenters. The molecule has 3 fully saturated rings. The molecule has 24 heavy (non-hydrogen) atoms. The van der Waals surface area contributed by atoms with Gasteiger partial charge in [0.1, 0.15) is 17.8 Å². The van der Waals surface area contributed by atoms with Crippen molar-refractivity contribution in [1.29, 1.82) is 0 Å². The molecule has 0 spiro atoms. The molecule has 3 saturated heterocycles. The molecule has 1 aromatic rings. The summed E-state index contributed by atoms with van der Waals surface area (Å²) < 4.78 is 1.71. The zero-order valence-electron chi connectivity index (χ0n) is 13.4. The number of hydrogen-bond acceptors (Lipinski definition) is 4. The predicted octanol–water partition coefficient (Wildman–Crippen LogP) is -1.30. The van der Waals surface area contributed by atoms with Crippen LogP contribution in [0.3, 0.4) is 0 Å². The Kier molecular flexibility index (Phi) is 3.38. The Morgan fingerprint density at radius 1 is 1.29 bits per heavy atom. The first kappa shape index (κ1) is 15.2. The minimum atomic E-state index is -0.664. The van der Waals surface area contributed by atoms with Crippen LogP contribution in [0.5, 0.6) is 0 Å². The zero-order chi connectivity index (χ0) is 17.0. The molecular formula is C16H20N4O4. The van der Waals surface area contributed by atoms with Gasteiger partial charge in [-0.2, -0.15) is 0 Å². The molecule has 0 radical (unpaired) electrons. The Bertz CT molecular complexity index is 715. The van der Waals surface area contributed by atoms with Gasteiger partial charge >= 0.3 is 0 Å². The Morgan fingerprint density at radius 3 is 2.79 bits per heavy atom. The molecule has 8 nitrogen and oxygen atoms in total. The largest absolute Gasteiger partial charge is 0.391 e. The van der Waals surface area contributed by atoms with E-state index in [1.54, 1.807) is 34.8 Å². The topological polar surface area (TPSA) is 94.9 Å². The standard InChI is InChI=1S/C16H20N4O4/c1-18-5-2-3-11(18)14(22)17-10-4-6-19-13(10)16(24)20-8-9(21)7-12(20)15(19)23/h2-3,5,9-10,12-13,21H,4,6-8H2,1H3,(H,17,22). The van der Waals surface area contributed by atoms with Gasteiger partial charge in [-0.1, -0.05) is 0 Å². The van der Waals surface area contributed by atoms with Crippen molar-refractivity contribution in [2.75, 3.05) is 13.1 Å². The number of aromatic nitrogens is 1. The van der Waals surface area contributed by atoms with E-state index in [9.17, 15) is 19.5 Å². The van der Waals surface area contributed by atoms with Gasteiger partial charge in [0.15, 0.2) is 0 Å². The minimum Gasteiger partial charge on any atom is -0.391 e. The predicted molar refractivity (Wildman–Crippen MR) is 82.9 cm³/mol. The van der Waals surface area contributed by atoms with Crippen LogP contribution >= 0.6 is 0 Å². The fraction of sp³-hybridized carbons (Fsp3) is 0.562. The van der Waals surface area contributed by atoms with Crippen molar-refractivity contribution < 1.29 is 19.5 Å². The van der Waals surface area contributed by atoms with Crippen LogP contribution < -0.4 is 5.32 Å². The SMILES string of the molecule is Cn1cccc1C(=O)NC1CCN2C(=O)C3CC(O)CN3C(=O)C12. The maximum absolute atomic E-state index is 12.8. The number of amides is 3. The van der Waals surface area contributed by atoms with E-state index in [4.69, 9.17) is 0 Å². The molecule has 2 N–H and O–H groups in total. The summed E-state index contributed by atoms with van der Waals surface area (Å²) in [5, 5.41) is 12.7. The van der Waals surface area contributed by atoms with Crippen LogP contribution in [0.2, 0.25) is 0 Å². The number of hydrogen-bond donors (Lipinski definition) is 2. The number of carbonyl (C=O) groups excluding carboxylic acids is 3. The van der Waals surface area contributed by atoms with E-state index in [0.29, 0.717) is 25.1 Å². The lowest BCUT2D eigenvalue weighted by Crippen LogP contribution is -2.64. The van der Waals surface area contributed by atoms with Crippen molar-refractivity contribution >= 4 is 17.7 Å². The molecule has 4 heterocycles. The number of fused-ring (bicyclic) bond motifs is 2. The average Bonchev–Trinajstić information content (AvgIpc) is 3.23. The number of rotatable bonds is 2. The molecule has 4 unspecified atom stereocenters. The third-order valence-corrected chi connectivity index (χ3v) is 5.27. The summed E-state index contributed by atoms with van der Waals surface area (Å²) in [6, 6.07) is 1.88. The Labute approximate surface area is 139 Å². The van der Waals surface area contributed by atoms with E-state index in [1.165, 1.54) is 4.90 Å². The molecule has 8 heteroatoms. The molecule has 1 aromatic heterocycles. The maximum atomic E-state index is 12.8. The normalized spacial score (nSPS) is 32.1. The summed E-state index contributed by atoms with van der Waals surface area (Å²) in [6.45, 7) is 0.645. The summed E-state index contributed by atoms with van der Waals surface area (Å²) in [5.41, 5.74) is 0.512. The van der Waals surface area contributed by atoms with E-state index in [-0.39, 0.29) is 24.3 Å². The Balaban J connectivity index is 1.55. The monoisotopic (exact) mass is 332 g/mol. The number of piperazine rings is 1. The van der Waals surface area contributed by atoms with Crippen LogP contribution in [0.4, 0.5) is 0 Å². The molecule has 0 aliphatic carbocycles. The summed E-state index contributed by atoms with van der Waals surface area (Å²) in [5.74, 6) is -0.546. The van der Waals surface area contributed by atoms with Crippen LogP contribution in [0, 0.1) is 0 Å². The number of nitrogens with zero attached hydrogens (tertiary/aromatic N) is 3. The van der Waals surface area contributed by atoms with Gasteiger partial charge in [0.2, 0.25) is 11.8 Å². The second-order valence-corrected chi connectivity index (χ2v) is 6.75. The highest BCUT2D eigenvalue weighted by Crippen LogP contribution is 2.32. The number of carbonyl (C=O) groups is 3. The van der Waals surface area contributed by atoms with E-state index >= 15 is 0 Å². The maximum Gasteiger partial charge on any atom is 0.268 e. The Hall–Kier alpha value is -2.35. The van der Waals surface area contributed by atoms with Crippen molar-refractivity contribution in [3.63, 3.8) is 0 Å². The summed E-state index contributed by atoms with van der Waals surface area (Å²) in [7, 11) is 1.78. The first-order valence-corrected chi connectivity index (χ1v) is 8.18. The second kappa shape index (κ2) is 5.34. The third-order valence-electron chi connectivity index (χ3n) is 5.27. The number of aliphatic hydroxyl groups is 1. The molecule has 3 aliphatic rings. The molecule has 3 aliphatic heterocycles. The second-order valence-electron chi connectivity index (χ2n) is 6.75. The van der Waals surface area contributed by atoms with Gasteiger partial charge < -0.3 is 24.8 Å². The van der Waals surface area contributed by atoms with Crippen LogP contribution in [0.25, 0.3) is 0 Å². The molecule has 4 rings (SSSR count). The third kappa shape index (κ3) is 2.13. The number of nitrogens with one attached hydrogen (secondary N) is 1. The van der Waals surface area contributed by atoms with Gasteiger partial charge in [-0.05, 0) is 18.6 Å². The average molecular weight is 332 g/mol. The molecule has 0 saturated carbocycles. The van der Waals surface area contributed by atoms with Crippen LogP contribution in [-0.4, -0.2) is 74.5 Å². The molecule has 0 bridgehead atoms. The van der Waals surface area contributed by atoms with Crippen LogP contribution in [-0.2, 0) is 16.6 Å². The summed E-state index contributed by atoms with van der Waals surface area (Å²) in [6.07, 6.45) is 1.98. The van der Waals surface area contributed by atoms with E-state index in [2.05, 4.69) is 5.32 Å². The van der Waals surface area contributed by atoms with Crippen molar-refractivity contribution in [2.24, 2.45) is 7.05 Å². The van der Waals surface area contributed by atoms with Crippen molar-refractivity contribution in [3.8, 4) is 0 Å². The summed E-state index contributed by atoms with van der Waals surface area (Å²) >= 11 is 0. The quantitative estimate of drug-likeness (QED) is 0.704. The fourth-order valence-corrected chi connectivity index (χ4v) is 4.09. The van der Waals surface area contributed by atoms with Gasteiger partial charge in [0, 0.05) is 32.8 Å². The first-order valence-electron chi connectivity index (χ1n) is 8.18. The fourth-order valence-electron chi connectivity index (χ4n) is 4.09. The smallest absolute Gasteiger partial charge is 0.268 e. The lowest BCUT2D eigenvalue weighted by Gasteiger charge is -2.40. The van der Waals surface area contributed by atoms with Gasteiger partial charge in [0.05, 0.1) is 12.1 Å². The van der Waals surface area contributed by atoms with Crippen LogP contribution in [0.15, 0.2) is 18.3 Å². The van der Waals surface area contributed by atoms with Gasteiger partial charge in [-0.15, -0.1) is 0 Å². The van der Waals surface area contributed by atoms with E-state index < -0.39 is 24.2 Å². The van der Waals surface area contributed by atoms with Gasteiger partial charge in [0.25, 0.3) is 5.91 Å². The summed E-state index contributed by atoms with van der Waals surface area (Å²) in [4.78, 5) is 40.9. The highest BCUT2D eigenvalue weighted by Gasteiger charge is 2.54. The lowest BCUT2D eigenvalue weighted by molar-refractivity contribution is -0.157. The van der Waals surface area contributed by atoms with E-state index in [1.807, 2.05) is 0 Å². The first-order chi connectivity index (χ1) is 11.5. The number of aryl methyl sites for hydroxylation is 1. The van der Waals surface area contributed by atoms with Crippen molar-refractivity contribution in [2.45, 2.75) is 37.1 Å². The van der Waals surface area contributed by atoms with Crippen LogP contribution in [0.1, 0.15) is 23.3 Å². The molecule has 0 aromatic carbocycles. The van der Waals surface area contributed by atoms with Crippen molar-refractivity contribution in [3.05, 3.63) is 24.0 Å². The van der Waals surface area contributed by atoms with Gasteiger partial charge in [-0.25, -0.2) is 0 Å². The number of aliphatic hydroxyl groups excluding tert-OH is 1. The molecule has 128 valence electrons. The Morgan fingerprint density at radius 2 is 2.08 bits per heavy atom. The van der Waals surface area contributed by atoms with E-state index in [0.717, 1.165) is 0 Å². The van der Waals surface area contributed by atoms with Gasteiger partial charge in [-0.3, -0.25) is 14.4 Å². The lowest BCUT2D eigenvalue weighted by atomic mass is 10.0.